The van der Waals surface area contributed by atoms with E-state index in [-0.39, 0.29) is 5.25 Å². The summed E-state index contributed by atoms with van der Waals surface area (Å²) in [6, 6.07) is 10.3. The van der Waals surface area contributed by atoms with Crippen LogP contribution in [0.25, 0.3) is 0 Å². The fourth-order valence-corrected chi connectivity index (χ4v) is 3.19. The van der Waals surface area contributed by atoms with E-state index in [9.17, 15) is 4.21 Å². The van der Waals surface area contributed by atoms with Gasteiger partial charge in [0.1, 0.15) is 0 Å². The SMILES string of the molecule is CC(Sc1ccccc1)[C@@H](C)[S@](C)=O. The number of hydrogen-bond acceptors (Lipinski definition) is 2. The van der Waals surface area contributed by atoms with E-state index in [4.69, 9.17) is 0 Å². The minimum atomic E-state index is -0.735. The topological polar surface area (TPSA) is 17.1 Å². The Bertz CT molecular complexity index is 297. The second kappa shape index (κ2) is 5.56. The normalized spacial score (nSPS) is 17.4. The highest BCUT2D eigenvalue weighted by Crippen LogP contribution is 2.26. The maximum absolute atomic E-state index is 11.3. The summed E-state index contributed by atoms with van der Waals surface area (Å²) in [5.74, 6) is 0. The van der Waals surface area contributed by atoms with Gasteiger partial charge in [0.15, 0.2) is 0 Å². The molecular weight excluding hydrogens is 212 g/mol. The Morgan fingerprint density at radius 1 is 1.21 bits per heavy atom. The highest BCUT2D eigenvalue weighted by atomic mass is 32.2. The standard InChI is InChI=1S/C11H16OS2/c1-9(10(2)14(3)12)13-11-7-5-4-6-8-11/h4-10H,1-3H3/t9?,10-,14+/m1/s1. The highest BCUT2D eigenvalue weighted by molar-refractivity contribution is 8.00. The van der Waals surface area contributed by atoms with Gasteiger partial charge in [-0.05, 0) is 19.1 Å². The van der Waals surface area contributed by atoms with Gasteiger partial charge in [-0.15, -0.1) is 11.8 Å². The molecule has 0 amide bonds. The molecule has 0 N–H and O–H groups in total. The van der Waals surface area contributed by atoms with Crippen LogP contribution in [0.1, 0.15) is 13.8 Å². The third-order valence-electron chi connectivity index (χ3n) is 2.25. The van der Waals surface area contributed by atoms with Crippen molar-refractivity contribution in [1.82, 2.24) is 0 Å². The van der Waals surface area contributed by atoms with Crippen molar-refractivity contribution in [2.45, 2.75) is 29.2 Å². The number of rotatable bonds is 4. The first-order valence-corrected chi connectivity index (χ1v) is 7.15. The molecule has 1 aromatic carbocycles. The first kappa shape index (κ1) is 11.8. The Hall–Kier alpha value is -0.280. The van der Waals surface area contributed by atoms with Crippen molar-refractivity contribution in [3.8, 4) is 0 Å². The van der Waals surface area contributed by atoms with Gasteiger partial charge < -0.3 is 0 Å². The quantitative estimate of drug-likeness (QED) is 0.737. The average Bonchev–Trinajstić information content (AvgIpc) is 2.18. The average molecular weight is 228 g/mol. The van der Waals surface area contributed by atoms with Crippen LogP contribution in [0.2, 0.25) is 0 Å². The summed E-state index contributed by atoms with van der Waals surface area (Å²) in [5.41, 5.74) is 0. The van der Waals surface area contributed by atoms with Crippen LogP contribution < -0.4 is 0 Å². The third kappa shape index (κ3) is 3.46. The first-order chi connectivity index (χ1) is 6.61. The molecule has 0 bridgehead atoms. The Morgan fingerprint density at radius 3 is 2.29 bits per heavy atom. The van der Waals surface area contributed by atoms with Crippen LogP contribution in [0.15, 0.2) is 35.2 Å². The maximum atomic E-state index is 11.3. The number of hydrogen-bond donors (Lipinski definition) is 0. The zero-order valence-corrected chi connectivity index (χ0v) is 10.4. The van der Waals surface area contributed by atoms with Crippen LogP contribution in [0, 0.1) is 0 Å². The highest BCUT2D eigenvalue weighted by Gasteiger charge is 2.16. The minimum absolute atomic E-state index is 0.236. The van der Waals surface area contributed by atoms with Crippen LogP contribution in [0.3, 0.4) is 0 Å². The lowest BCUT2D eigenvalue weighted by molar-refractivity contribution is 0.676. The molecular formula is C11H16OS2. The second-order valence-corrected chi connectivity index (χ2v) is 6.53. The molecule has 3 heteroatoms. The van der Waals surface area contributed by atoms with E-state index in [0.29, 0.717) is 5.25 Å². The van der Waals surface area contributed by atoms with Crippen molar-refractivity contribution in [2.75, 3.05) is 6.26 Å². The third-order valence-corrected chi connectivity index (χ3v) is 5.20. The van der Waals surface area contributed by atoms with E-state index in [2.05, 4.69) is 19.1 Å². The Kier molecular flexibility index (Phi) is 4.69. The van der Waals surface area contributed by atoms with Gasteiger partial charge in [0, 0.05) is 32.5 Å². The molecule has 0 spiro atoms. The molecule has 3 atom stereocenters. The summed E-state index contributed by atoms with van der Waals surface area (Å²) in [7, 11) is -0.735. The van der Waals surface area contributed by atoms with Crippen LogP contribution in [0.5, 0.6) is 0 Å². The Balaban J connectivity index is 2.57. The van der Waals surface area contributed by atoms with E-state index in [1.165, 1.54) is 4.90 Å². The summed E-state index contributed by atoms with van der Waals surface area (Å²) >= 11 is 1.79. The van der Waals surface area contributed by atoms with Crippen LogP contribution in [-0.4, -0.2) is 21.0 Å². The molecule has 1 aromatic rings. The lowest BCUT2D eigenvalue weighted by Gasteiger charge is -2.16. The van der Waals surface area contributed by atoms with E-state index in [0.717, 1.165) is 0 Å². The molecule has 0 aromatic heterocycles. The molecule has 1 nitrogen and oxygen atoms in total. The van der Waals surface area contributed by atoms with Gasteiger partial charge in [-0.2, -0.15) is 0 Å². The largest absolute Gasteiger partial charge is 0.260 e. The van der Waals surface area contributed by atoms with Crippen molar-refractivity contribution in [3.63, 3.8) is 0 Å². The summed E-state index contributed by atoms with van der Waals surface area (Å²) in [6.07, 6.45) is 1.77. The fraction of sp³-hybridized carbons (Fsp3) is 0.455. The van der Waals surface area contributed by atoms with Gasteiger partial charge in [-0.25, -0.2) is 0 Å². The van der Waals surface area contributed by atoms with Gasteiger partial charge in [-0.1, -0.05) is 25.1 Å². The molecule has 0 aliphatic rings. The van der Waals surface area contributed by atoms with E-state index >= 15 is 0 Å². The van der Waals surface area contributed by atoms with Crippen molar-refractivity contribution in [3.05, 3.63) is 30.3 Å². The first-order valence-electron chi connectivity index (χ1n) is 4.65. The van der Waals surface area contributed by atoms with E-state index in [1.54, 1.807) is 18.0 Å². The molecule has 0 aliphatic carbocycles. The maximum Gasteiger partial charge on any atom is 0.0436 e. The van der Waals surface area contributed by atoms with Crippen molar-refractivity contribution >= 4 is 22.6 Å². The molecule has 1 rings (SSSR count). The van der Waals surface area contributed by atoms with Crippen molar-refractivity contribution in [1.29, 1.82) is 0 Å². The van der Waals surface area contributed by atoms with Gasteiger partial charge >= 0.3 is 0 Å². The number of thioether (sulfide) groups is 1. The number of benzene rings is 1. The van der Waals surface area contributed by atoms with Gasteiger partial charge in [0.05, 0.1) is 0 Å². The van der Waals surface area contributed by atoms with Gasteiger partial charge in [0.2, 0.25) is 0 Å². The Labute approximate surface area is 92.8 Å². The summed E-state index contributed by atoms with van der Waals surface area (Å²) < 4.78 is 11.3. The van der Waals surface area contributed by atoms with Gasteiger partial charge in [0.25, 0.3) is 0 Å². The van der Waals surface area contributed by atoms with E-state index in [1.807, 2.05) is 25.1 Å². The van der Waals surface area contributed by atoms with Gasteiger partial charge in [-0.3, -0.25) is 4.21 Å². The molecule has 0 fully saturated rings. The zero-order chi connectivity index (χ0) is 10.6. The fourth-order valence-electron chi connectivity index (χ4n) is 1.08. The predicted octanol–water partition coefficient (Wildman–Crippen LogP) is 2.93. The lowest BCUT2D eigenvalue weighted by atomic mass is 10.4. The van der Waals surface area contributed by atoms with Crippen LogP contribution in [-0.2, 0) is 10.8 Å². The second-order valence-electron chi connectivity index (χ2n) is 3.34. The van der Waals surface area contributed by atoms with Crippen molar-refractivity contribution < 1.29 is 4.21 Å². The molecule has 14 heavy (non-hydrogen) atoms. The zero-order valence-electron chi connectivity index (χ0n) is 8.77. The summed E-state index contributed by atoms with van der Waals surface area (Å²) in [4.78, 5) is 1.25. The molecule has 0 aliphatic heterocycles. The molecule has 0 radical (unpaired) electrons. The molecule has 1 unspecified atom stereocenters. The molecule has 0 saturated heterocycles. The smallest absolute Gasteiger partial charge is 0.0436 e. The molecule has 0 saturated carbocycles. The van der Waals surface area contributed by atoms with E-state index < -0.39 is 10.8 Å². The summed E-state index contributed by atoms with van der Waals surface area (Å²) in [5, 5.41) is 0.628. The minimum Gasteiger partial charge on any atom is -0.260 e. The molecule has 0 heterocycles. The van der Waals surface area contributed by atoms with Crippen LogP contribution >= 0.6 is 11.8 Å². The summed E-state index contributed by atoms with van der Waals surface area (Å²) in [6.45, 7) is 4.17. The lowest BCUT2D eigenvalue weighted by Crippen LogP contribution is -2.21. The van der Waals surface area contributed by atoms with Crippen LogP contribution in [0.4, 0.5) is 0 Å². The predicted molar refractivity (Wildman–Crippen MR) is 65.3 cm³/mol. The van der Waals surface area contributed by atoms with Crippen molar-refractivity contribution in [2.24, 2.45) is 0 Å². The Morgan fingerprint density at radius 2 is 1.79 bits per heavy atom. The monoisotopic (exact) mass is 228 g/mol. The molecule has 78 valence electrons.